The Hall–Kier alpha value is -1.94. The molecule has 0 saturated heterocycles. The van der Waals surface area contributed by atoms with Gasteiger partial charge in [-0.25, -0.2) is 4.98 Å². The normalized spacial score (nSPS) is 17.2. The predicted molar refractivity (Wildman–Crippen MR) is 90.1 cm³/mol. The number of rotatable bonds is 2. The van der Waals surface area contributed by atoms with Crippen LogP contribution in [0.4, 0.5) is 5.13 Å². The molecule has 2 aliphatic rings. The summed E-state index contributed by atoms with van der Waals surface area (Å²) in [4.78, 5) is 18.3. The molecule has 0 atom stereocenters. The van der Waals surface area contributed by atoms with Gasteiger partial charge in [0.15, 0.2) is 5.13 Å². The summed E-state index contributed by atoms with van der Waals surface area (Å²) in [6.45, 7) is 4.00. The van der Waals surface area contributed by atoms with Crippen LogP contribution in [0.25, 0.3) is 11.3 Å². The first kappa shape index (κ1) is 13.7. The fourth-order valence-corrected chi connectivity index (χ4v) is 4.31. The number of benzene rings is 1. The largest absolute Gasteiger partial charge is 0.302 e. The number of hydrogen-bond donors (Lipinski definition) is 1. The van der Waals surface area contributed by atoms with Crippen molar-refractivity contribution in [3.63, 3.8) is 0 Å². The highest BCUT2D eigenvalue weighted by Crippen LogP contribution is 2.41. The van der Waals surface area contributed by atoms with Gasteiger partial charge in [0.25, 0.3) is 0 Å². The van der Waals surface area contributed by atoms with Crippen LogP contribution in [0.2, 0.25) is 0 Å². The summed E-state index contributed by atoms with van der Waals surface area (Å²) in [5, 5.41) is 3.77. The third-order valence-electron chi connectivity index (χ3n) is 4.61. The second-order valence-electron chi connectivity index (χ2n) is 6.14. The third kappa shape index (κ3) is 2.37. The lowest BCUT2D eigenvalue weighted by molar-refractivity contribution is -0.120. The molecule has 1 aromatic carbocycles. The van der Waals surface area contributed by atoms with Gasteiger partial charge in [0, 0.05) is 22.8 Å². The maximum Gasteiger partial charge on any atom is 0.229 e. The molecule has 1 heterocycles. The molecule has 4 heteroatoms. The maximum absolute atomic E-state index is 12.4. The zero-order valence-electron chi connectivity index (χ0n) is 12.4. The number of thiazole rings is 1. The van der Waals surface area contributed by atoms with E-state index in [0.717, 1.165) is 42.9 Å². The number of anilines is 1. The van der Waals surface area contributed by atoms with Crippen LogP contribution in [-0.2, 0) is 11.2 Å². The lowest BCUT2D eigenvalue weighted by Gasteiger charge is -2.21. The molecule has 22 heavy (non-hydrogen) atoms. The topological polar surface area (TPSA) is 42.0 Å². The molecule has 1 saturated carbocycles. The lowest BCUT2D eigenvalue weighted by Crippen LogP contribution is -2.25. The summed E-state index contributed by atoms with van der Waals surface area (Å²) in [5.74, 6) is 0.227. The Morgan fingerprint density at radius 1 is 1.27 bits per heavy atom. The van der Waals surface area contributed by atoms with E-state index >= 15 is 0 Å². The van der Waals surface area contributed by atoms with Gasteiger partial charge in [-0.1, -0.05) is 36.4 Å². The fraction of sp³-hybridized carbons (Fsp3) is 0.333. The van der Waals surface area contributed by atoms with E-state index in [1.54, 1.807) is 11.3 Å². The van der Waals surface area contributed by atoms with Crippen molar-refractivity contribution in [1.29, 1.82) is 0 Å². The fourth-order valence-electron chi connectivity index (χ4n) is 3.31. The minimum Gasteiger partial charge on any atom is -0.302 e. The minimum atomic E-state index is 0.108. The number of fused-ring (bicyclic) bond motifs is 3. The van der Waals surface area contributed by atoms with Crippen molar-refractivity contribution in [2.24, 2.45) is 5.92 Å². The Bertz CT molecular complexity index is 752. The van der Waals surface area contributed by atoms with Crippen LogP contribution in [0, 0.1) is 5.92 Å². The number of aromatic nitrogens is 1. The quantitative estimate of drug-likeness (QED) is 0.713. The van der Waals surface area contributed by atoms with E-state index in [1.807, 2.05) is 6.07 Å². The number of nitrogens with zero attached hydrogens (tertiary/aromatic N) is 1. The molecule has 1 N–H and O–H groups in total. The van der Waals surface area contributed by atoms with Gasteiger partial charge in [-0.15, -0.1) is 11.3 Å². The first-order valence-electron chi connectivity index (χ1n) is 7.76. The Morgan fingerprint density at radius 3 is 2.86 bits per heavy atom. The number of allylic oxidation sites excluding steroid dienone is 1. The van der Waals surface area contributed by atoms with Crippen LogP contribution in [0.15, 0.2) is 36.4 Å². The summed E-state index contributed by atoms with van der Waals surface area (Å²) in [7, 11) is 0. The number of carbonyl (C=O) groups is 1. The molecule has 0 aliphatic heterocycles. The molecule has 112 valence electrons. The van der Waals surface area contributed by atoms with Crippen LogP contribution in [0.1, 0.15) is 36.1 Å². The van der Waals surface area contributed by atoms with E-state index in [0.29, 0.717) is 0 Å². The van der Waals surface area contributed by atoms with Crippen LogP contribution in [0.5, 0.6) is 0 Å². The van der Waals surface area contributed by atoms with Crippen LogP contribution in [0.3, 0.4) is 0 Å². The number of carbonyl (C=O) groups excluding carboxylic acids is 1. The second-order valence-corrected chi connectivity index (χ2v) is 7.22. The van der Waals surface area contributed by atoms with Gasteiger partial charge in [0.2, 0.25) is 5.91 Å². The van der Waals surface area contributed by atoms with Crippen molar-refractivity contribution in [3.05, 3.63) is 46.9 Å². The molecule has 0 spiro atoms. The maximum atomic E-state index is 12.4. The minimum absolute atomic E-state index is 0.108. The SMILES string of the molecule is C=C1CCC(C(=O)Nc2nc3c(s2)Cc2ccccc2-3)CC1. The zero-order chi connectivity index (χ0) is 15.1. The van der Waals surface area contributed by atoms with Crippen molar-refractivity contribution in [2.75, 3.05) is 5.32 Å². The number of amides is 1. The molecular weight excluding hydrogens is 292 g/mol. The van der Waals surface area contributed by atoms with Gasteiger partial charge >= 0.3 is 0 Å². The van der Waals surface area contributed by atoms with E-state index in [4.69, 9.17) is 0 Å². The third-order valence-corrected chi connectivity index (χ3v) is 5.59. The summed E-state index contributed by atoms with van der Waals surface area (Å²) < 4.78 is 0. The zero-order valence-corrected chi connectivity index (χ0v) is 13.2. The number of nitrogens with one attached hydrogen (secondary N) is 1. The van der Waals surface area contributed by atoms with Crippen molar-refractivity contribution < 1.29 is 4.79 Å². The van der Waals surface area contributed by atoms with Crippen LogP contribution >= 0.6 is 11.3 Å². The van der Waals surface area contributed by atoms with Gasteiger partial charge in [0.05, 0.1) is 5.69 Å². The molecule has 0 radical (unpaired) electrons. The van der Waals surface area contributed by atoms with Crippen molar-refractivity contribution in [3.8, 4) is 11.3 Å². The van der Waals surface area contributed by atoms with E-state index in [9.17, 15) is 4.79 Å². The van der Waals surface area contributed by atoms with E-state index in [2.05, 4.69) is 35.1 Å². The highest BCUT2D eigenvalue weighted by atomic mass is 32.1. The first-order chi connectivity index (χ1) is 10.7. The molecule has 2 aromatic rings. The highest BCUT2D eigenvalue weighted by molar-refractivity contribution is 7.16. The molecule has 1 amide bonds. The van der Waals surface area contributed by atoms with Gasteiger partial charge in [-0.05, 0) is 31.2 Å². The van der Waals surface area contributed by atoms with E-state index in [1.165, 1.54) is 21.6 Å². The average Bonchev–Trinajstić information content (AvgIpc) is 3.05. The summed E-state index contributed by atoms with van der Waals surface area (Å²) >= 11 is 1.61. The Labute approximate surface area is 134 Å². The van der Waals surface area contributed by atoms with Gasteiger partial charge in [-0.3, -0.25) is 4.79 Å². The van der Waals surface area contributed by atoms with E-state index in [-0.39, 0.29) is 11.8 Å². The Kier molecular flexibility index (Phi) is 3.34. The first-order valence-corrected chi connectivity index (χ1v) is 8.58. The van der Waals surface area contributed by atoms with Crippen LogP contribution in [-0.4, -0.2) is 10.9 Å². The van der Waals surface area contributed by atoms with Gasteiger partial charge < -0.3 is 5.32 Å². The lowest BCUT2D eigenvalue weighted by atomic mass is 9.86. The number of hydrogen-bond acceptors (Lipinski definition) is 3. The molecule has 0 unspecified atom stereocenters. The van der Waals surface area contributed by atoms with E-state index < -0.39 is 0 Å². The van der Waals surface area contributed by atoms with Crippen molar-refractivity contribution in [2.45, 2.75) is 32.1 Å². The highest BCUT2D eigenvalue weighted by Gasteiger charge is 2.26. The standard InChI is InChI=1S/C18H18N2OS/c1-11-6-8-12(9-7-11)17(21)20-18-19-16-14-5-3-2-4-13(14)10-15(16)22-18/h2-5,12H,1,6-10H2,(H,19,20,21). The molecular formula is C18H18N2OS. The Balaban J connectivity index is 1.50. The molecule has 1 fully saturated rings. The molecule has 3 nitrogen and oxygen atoms in total. The van der Waals surface area contributed by atoms with Gasteiger partial charge in [-0.2, -0.15) is 0 Å². The summed E-state index contributed by atoms with van der Waals surface area (Å²) in [6, 6.07) is 8.37. The molecule has 0 bridgehead atoms. The van der Waals surface area contributed by atoms with Gasteiger partial charge in [0.1, 0.15) is 0 Å². The monoisotopic (exact) mass is 310 g/mol. The second kappa shape index (κ2) is 5.36. The Morgan fingerprint density at radius 2 is 2.05 bits per heavy atom. The predicted octanol–water partition coefficient (Wildman–Crippen LogP) is 4.40. The summed E-state index contributed by atoms with van der Waals surface area (Å²) in [5.41, 5.74) is 4.87. The summed E-state index contributed by atoms with van der Waals surface area (Å²) in [6.07, 6.45) is 4.71. The van der Waals surface area contributed by atoms with Crippen LogP contribution < -0.4 is 5.32 Å². The smallest absolute Gasteiger partial charge is 0.229 e. The average molecular weight is 310 g/mol. The van der Waals surface area contributed by atoms with Crippen molar-refractivity contribution in [1.82, 2.24) is 4.98 Å². The van der Waals surface area contributed by atoms with Crippen molar-refractivity contribution >= 4 is 22.4 Å². The molecule has 2 aliphatic carbocycles. The molecule has 4 rings (SSSR count). The molecule has 1 aromatic heterocycles.